The summed E-state index contributed by atoms with van der Waals surface area (Å²) in [4.78, 5) is 0.263. The Bertz CT molecular complexity index is 808. The number of methoxy groups -OCH3 is 1. The zero-order chi connectivity index (χ0) is 17.6. The first kappa shape index (κ1) is 18.1. The molecule has 2 rings (SSSR count). The third kappa shape index (κ3) is 4.38. The third-order valence-electron chi connectivity index (χ3n) is 3.56. The molecule has 4 nitrogen and oxygen atoms in total. The van der Waals surface area contributed by atoms with E-state index in [1.54, 1.807) is 37.5 Å². The number of rotatable bonds is 6. The van der Waals surface area contributed by atoms with Crippen molar-refractivity contribution in [1.82, 2.24) is 4.31 Å². The van der Waals surface area contributed by atoms with Crippen LogP contribution in [-0.2, 0) is 14.8 Å². The van der Waals surface area contributed by atoms with Gasteiger partial charge in [-0.05, 0) is 31.2 Å². The van der Waals surface area contributed by atoms with Gasteiger partial charge >= 0.3 is 0 Å². The molecule has 0 fully saturated rings. The largest absolute Gasteiger partial charge is 0.497 e. The van der Waals surface area contributed by atoms with Gasteiger partial charge in [-0.3, -0.25) is 0 Å². The van der Waals surface area contributed by atoms with Crippen LogP contribution in [0.25, 0.3) is 0 Å². The van der Waals surface area contributed by atoms with Crippen molar-refractivity contribution in [3.8, 4) is 11.8 Å². The van der Waals surface area contributed by atoms with Crippen molar-refractivity contribution >= 4 is 10.0 Å². The molecule has 24 heavy (non-hydrogen) atoms. The number of hydrogen-bond donors (Lipinski definition) is 0. The number of allylic oxidation sites excluding steroid dienone is 3. The minimum Gasteiger partial charge on any atom is -0.497 e. The quantitative estimate of drug-likeness (QED) is 0.589. The molecule has 0 saturated heterocycles. The highest BCUT2D eigenvalue weighted by atomic mass is 32.2. The SMILES string of the molecule is C=CCN(CC#CC1C=CC(OC)=C1)S(=O)(=O)c1ccc(C)cc1. The van der Waals surface area contributed by atoms with Crippen LogP contribution < -0.4 is 0 Å². The van der Waals surface area contributed by atoms with Gasteiger partial charge in [0, 0.05) is 6.54 Å². The normalized spacial score (nSPS) is 16.5. The van der Waals surface area contributed by atoms with Gasteiger partial charge in [0.1, 0.15) is 5.76 Å². The number of nitrogens with zero attached hydrogens (tertiary/aromatic N) is 1. The fourth-order valence-corrected chi connectivity index (χ4v) is 3.53. The van der Waals surface area contributed by atoms with E-state index >= 15 is 0 Å². The van der Waals surface area contributed by atoms with E-state index in [1.165, 1.54) is 4.31 Å². The van der Waals surface area contributed by atoms with E-state index in [1.807, 2.05) is 25.2 Å². The average Bonchev–Trinajstić information content (AvgIpc) is 3.02. The lowest BCUT2D eigenvalue weighted by atomic mass is 10.2. The summed E-state index contributed by atoms with van der Waals surface area (Å²) in [6.45, 7) is 5.88. The molecule has 1 aromatic rings. The zero-order valence-electron chi connectivity index (χ0n) is 13.9. The van der Waals surface area contributed by atoms with Gasteiger partial charge in [-0.25, -0.2) is 8.42 Å². The maximum atomic E-state index is 12.7. The molecule has 126 valence electrons. The van der Waals surface area contributed by atoms with Crippen LogP contribution >= 0.6 is 0 Å². The summed E-state index contributed by atoms with van der Waals surface area (Å²) in [6.07, 6.45) is 7.22. The second kappa shape index (κ2) is 8.00. The molecule has 0 heterocycles. The lowest BCUT2D eigenvalue weighted by Gasteiger charge is -2.18. The summed E-state index contributed by atoms with van der Waals surface area (Å²) in [5.41, 5.74) is 1.01. The molecule has 0 aromatic heterocycles. The first-order valence-electron chi connectivity index (χ1n) is 7.57. The minimum absolute atomic E-state index is 0.0485. The van der Waals surface area contributed by atoms with Crippen LogP contribution in [0.1, 0.15) is 5.56 Å². The van der Waals surface area contributed by atoms with Crippen molar-refractivity contribution in [3.63, 3.8) is 0 Å². The van der Waals surface area contributed by atoms with Crippen LogP contribution in [-0.4, -0.2) is 32.9 Å². The molecule has 0 bridgehead atoms. The number of hydrogen-bond acceptors (Lipinski definition) is 3. The molecule has 1 aliphatic rings. The summed E-state index contributed by atoms with van der Waals surface area (Å²) >= 11 is 0. The second-order valence-corrected chi connectivity index (χ2v) is 7.32. The number of benzene rings is 1. The Morgan fingerprint density at radius 2 is 2.04 bits per heavy atom. The molecular weight excluding hydrogens is 322 g/mol. The van der Waals surface area contributed by atoms with Crippen LogP contribution in [0.2, 0.25) is 0 Å². The zero-order valence-corrected chi connectivity index (χ0v) is 14.7. The Morgan fingerprint density at radius 3 is 2.62 bits per heavy atom. The van der Waals surface area contributed by atoms with Gasteiger partial charge in [0.05, 0.1) is 24.5 Å². The van der Waals surface area contributed by atoms with Crippen molar-refractivity contribution in [3.05, 3.63) is 66.5 Å². The molecule has 1 aromatic carbocycles. The van der Waals surface area contributed by atoms with Crippen LogP contribution in [0.5, 0.6) is 0 Å². The summed E-state index contributed by atoms with van der Waals surface area (Å²) < 4.78 is 31.9. The number of ether oxygens (including phenoxy) is 1. The van der Waals surface area contributed by atoms with E-state index in [9.17, 15) is 8.42 Å². The minimum atomic E-state index is -3.59. The van der Waals surface area contributed by atoms with Gasteiger partial charge in [0.2, 0.25) is 10.0 Å². The molecule has 0 radical (unpaired) electrons. The maximum absolute atomic E-state index is 12.7. The summed E-state index contributed by atoms with van der Waals surface area (Å²) in [7, 11) is -1.99. The topological polar surface area (TPSA) is 46.6 Å². The lowest BCUT2D eigenvalue weighted by molar-refractivity contribution is 0.307. The Balaban J connectivity index is 2.15. The summed E-state index contributed by atoms with van der Waals surface area (Å²) in [6, 6.07) is 6.79. The molecule has 0 saturated carbocycles. The van der Waals surface area contributed by atoms with E-state index in [2.05, 4.69) is 18.4 Å². The monoisotopic (exact) mass is 343 g/mol. The van der Waals surface area contributed by atoms with Crippen LogP contribution in [0.4, 0.5) is 0 Å². The number of sulfonamides is 1. The standard InChI is InChI=1S/C19H21NO3S/c1-4-13-20(14-5-6-17-9-10-18(15-17)23-3)24(21,22)19-11-7-16(2)8-12-19/h4,7-12,15,17H,1,13-14H2,2-3H3. The Kier molecular flexibility index (Phi) is 6.02. The highest BCUT2D eigenvalue weighted by Crippen LogP contribution is 2.17. The Hall–Kier alpha value is -2.29. The third-order valence-corrected chi connectivity index (χ3v) is 5.39. The van der Waals surface area contributed by atoms with E-state index in [0.717, 1.165) is 11.3 Å². The molecule has 0 aliphatic heterocycles. The second-order valence-electron chi connectivity index (χ2n) is 5.38. The van der Waals surface area contributed by atoms with Crippen molar-refractivity contribution in [2.45, 2.75) is 11.8 Å². The van der Waals surface area contributed by atoms with Gasteiger partial charge in [-0.2, -0.15) is 4.31 Å². The van der Waals surface area contributed by atoms with Crippen molar-refractivity contribution < 1.29 is 13.2 Å². The highest BCUT2D eigenvalue weighted by molar-refractivity contribution is 7.89. The average molecular weight is 343 g/mol. The predicted octanol–water partition coefficient (Wildman–Crippen LogP) is 2.89. The molecule has 0 amide bonds. The van der Waals surface area contributed by atoms with Gasteiger partial charge < -0.3 is 4.74 Å². The molecule has 0 spiro atoms. The predicted molar refractivity (Wildman–Crippen MR) is 95.6 cm³/mol. The molecular formula is C19H21NO3S. The van der Waals surface area contributed by atoms with E-state index < -0.39 is 10.0 Å². The van der Waals surface area contributed by atoms with Crippen LogP contribution in [0.3, 0.4) is 0 Å². The summed E-state index contributed by atoms with van der Waals surface area (Å²) in [5.74, 6) is 6.70. The van der Waals surface area contributed by atoms with E-state index in [-0.39, 0.29) is 23.9 Å². The fraction of sp³-hybridized carbons (Fsp3) is 0.263. The molecule has 1 unspecified atom stereocenters. The highest BCUT2D eigenvalue weighted by Gasteiger charge is 2.22. The van der Waals surface area contributed by atoms with Gasteiger partial charge in [0.25, 0.3) is 0 Å². The lowest BCUT2D eigenvalue weighted by Crippen LogP contribution is -2.31. The smallest absolute Gasteiger partial charge is 0.244 e. The van der Waals surface area contributed by atoms with Crippen LogP contribution in [0.15, 0.2) is 65.8 Å². The first-order valence-corrected chi connectivity index (χ1v) is 9.01. The van der Waals surface area contributed by atoms with Crippen molar-refractivity contribution in [2.75, 3.05) is 20.2 Å². The maximum Gasteiger partial charge on any atom is 0.244 e. The Morgan fingerprint density at radius 1 is 1.33 bits per heavy atom. The number of aryl methyl sites for hydroxylation is 1. The van der Waals surface area contributed by atoms with Gasteiger partial charge in [-0.1, -0.05) is 41.7 Å². The Labute approximate surface area is 144 Å². The first-order chi connectivity index (χ1) is 11.5. The van der Waals surface area contributed by atoms with E-state index in [4.69, 9.17) is 4.74 Å². The molecule has 0 N–H and O–H groups in total. The van der Waals surface area contributed by atoms with Crippen molar-refractivity contribution in [1.29, 1.82) is 0 Å². The van der Waals surface area contributed by atoms with Crippen molar-refractivity contribution in [2.24, 2.45) is 5.92 Å². The summed E-state index contributed by atoms with van der Waals surface area (Å²) in [5, 5.41) is 0. The van der Waals surface area contributed by atoms with Crippen LogP contribution in [0, 0.1) is 24.7 Å². The molecule has 1 aliphatic carbocycles. The van der Waals surface area contributed by atoms with Gasteiger partial charge in [-0.15, -0.1) is 6.58 Å². The van der Waals surface area contributed by atoms with E-state index in [0.29, 0.717) is 0 Å². The molecule has 5 heteroatoms. The van der Waals surface area contributed by atoms with Gasteiger partial charge in [0.15, 0.2) is 0 Å². The molecule has 1 atom stereocenters. The fourth-order valence-electron chi connectivity index (χ4n) is 2.22.